The molecule has 0 aliphatic rings. The molecule has 0 saturated carbocycles. The van der Waals surface area contributed by atoms with E-state index in [-0.39, 0.29) is 21.1 Å². The molecule has 0 fully saturated rings. The Morgan fingerprint density at radius 2 is 1.89 bits per heavy atom. The van der Waals surface area contributed by atoms with Crippen molar-refractivity contribution < 1.29 is 21.1 Å². The first-order valence-corrected chi connectivity index (χ1v) is 5.50. The van der Waals surface area contributed by atoms with Gasteiger partial charge in [0.25, 0.3) is 0 Å². The fraction of sp³-hybridized carbons (Fsp3) is 0.308. The van der Waals surface area contributed by atoms with Gasteiger partial charge in [-0.3, -0.25) is 4.68 Å². The van der Waals surface area contributed by atoms with Crippen molar-refractivity contribution in [2.24, 2.45) is 0 Å². The van der Waals surface area contributed by atoms with Gasteiger partial charge in [0.15, 0.2) is 0 Å². The maximum absolute atomic E-state index is 4.25. The minimum absolute atomic E-state index is 0. The largest absolute Gasteiger partial charge is 0.429 e. The molecular weight excluding hydrogens is 407 g/mol. The van der Waals surface area contributed by atoms with E-state index in [4.69, 9.17) is 0 Å². The summed E-state index contributed by atoms with van der Waals surface area (Å²) in [4.78, 5) is 4.14. The van der Waals surface area contributed by atoms with Crippen LogP contribution in [-0.4, -0.2) is 38.0 Å². The second-order valence-electron chi connectivity index (χ2n) is 4.33. The topological polar surface area (TPSA) is 24.3 Å². The zero-order valence-corrected chi connectivity index (χ0v) is 13.3. The summed E-state index contributed by atoms with van der Waals surface area (Å²) in [5.41, 5.74) is 3.19. The summed E-state index contributed by atoms with van der Waals surface area (Å²) in [5, 5.41) is 4.25. The van der Waals surface area contributed by atoms with Crippen molar-refractivity contribution in [2.75, 3.05) is 38.0 Å². The normalized spacial score (nSPS) is 9.78. The van der Waals surface area contributed by atoms with Crippen LogP contribution in [0.25, 0.3) is 5.69 Å². The molecule has 0 unspecified atom stereocenters. The van der Waals surface area contributed by atoms with E-state index in [9.17, 15) is 0 Å². The Kier molecular flexibility index (Phi) is 4.97. The van der Waals surface area contributed by atoms with Gasteiger partial charge in [-0.2, -0.15) is 17.2 Å². The van der Waals surface area contributed by atoms with Crippen molar-refractivity contribution in [2.45, 2.75) is 0 Å². The van der Waals surface area contributed by atoms with Crippen LogP contribution in [0.2, 0.25) is 0 Å². The molecule has 1 aromatic carbocycles. The molecule has 2 rings (SSSR count). The van der Waals surface area contributed by atoms with Crippen LogP contribution in [-0.2, 0) is 21.1 Å². The first kappa shape index (κ1) is 14.8. The average Bonchev–Trinajstić information content (AvgIpc) is 2.81. The van der Waals surface area contributed by atoms with Gasteiger partial charge in [0, 0.05) is 33.5 Å². The van der Waals surface area contributed by atoms with Gasteiger partial charge in [-0.05, 0) is 45.6 Å². The van der Waals surface area contributed by atoms with Crippen LogP contribution in [0.5, 0.6) is 0 Å². The smallest absolute Gasteiger partial charge is 0.0493 e. The van der Waals surface area contributed by atoms with E-state index in [0.29, 0.717) is 0 Å². The first-order valence-electron chi connectivity index (χ1n) is 5.50. The van der Waals surface area contributed by atoms with Crippen LogP contribution in [0, 0.1) is 6.07 Å². The number of anilines is 2. The number of nitrogens with zero attached hydrogens (tertiary/aromatic N) is 4. The van der Waals surface area contributed by atoms with Crippen LogP contribution in [0.15, 0.2) is 30.6 Å². The number of benzene rings is 1. The van der Waals surface area contributed by atoms with Crippen LogP contribution in [0.3, 0.4) is 0 Å². The Bertz CT molecular complexity index is 492. The Morgan fingerprint density at radius 3 is 2.39 bits per heavy atom. The van der Waals surface area contributed by atoms with Gasteiger partial charge in [-0.15, -0.1) is 6.07 Å². The molecule has 1 heterocycles. The summed E-state index contributed by atoms with van der Waals surface area (Å²) in [6.07, 6.45) is 3.70. The van der Waals surface area contributed by atoms with Gasteiger partial charge in [0.1, 0.15) is 0 Å². The number of hydrogen-bond acceptors (Lipinski definition) is 3. The molecule has 4 nitrogen and oxygen atoms in total. The Labute approximate surface area is 122 Å². The van der Waals surface area contributed by atoms with E-state index in [1.807, 2.05) is 51.2 Å². The first-order chi connectivity index (χ1) is 8.09. The third-order valence-corrected chi connectivity index (χ3v) is 2.62. The third kappa shape index (κ3) is 2.94. The molecular formula is C13H17N4Pt-. The Morgan fingerprint density at radius 1 is 1.17 bits per heavy atom. The number of aromatic nitrogens is 2. The minimum atomic E-state index is 0. The fourth-order valence-electron chi connectivity index (χ4n) is 1.65. The average molecular weight is 424 g/mol. The summed E-state index contributed by atoms with van der Waals surface area (Å²) in [5.74, 6) is 0. The van der Waals surface area contributed by atoms with Crippen LogP contribution in [0.1, 0.15) is 0 Å². The molecule has 0 saturated heterocycles. The molecule has 5 heteroatoms. The summed E-state index contributed by atoms with van der Waals surface area (Å²) in [6.45, 7) is 0. The van der Waals surface area contributed by atoms with Gasteiger partial charge < -0.3 is 9.80 Å². The fourth-order valence-corrected chi connectivity index (χ4v) is 1.65. The van der Waals surface area contributed by atoms with Crippen LogP contribution >= 0.6 is 0 Å². The van der Waals surface area contributed by atoms with Crippen molar-refractivity contribution in [3.63, 3.8) is 0 Å². The maximum Gasteiger partial charge on any atom is 0.0493 e. The molecule has 0 amide bonds. The van der Waals surface area contributed by atoms with E-state index in [2.05, 4.69) is 27.0 Å². The molecule has 0 aliphatic carbocycles. The predicted molar refractivity (Wildman–Crippen MR) is 71.1 cm³/mol. The van der Waals surface area contributed by atoms with E-state index >= 15 is 0 Å². The minimum Gasteiger partial charge on any atom is -0.429 e. The quantitative estimate of drug-likeness (QED) is 0.703. The van der Waals surface area contributed by atoms with E-state index < -0.39 is 0 Å². The van der Waals surface area contributed by atoms with Gasteiger partial charge in [-0.1, -0.05) is 5.69 Å². The van der Waals surface area contributed by atoms with Crippen molar-refractivity contribution in [1.29, 1.82) is 0 Å². The second-order valence-corrected chi connectivity index (χ2v) is 4.33. The molecule has 1 aromatic heterocycles. The van der Waals surface area contributed by atoms with Gasteiger partial charge in [0.2, 0.25) is 0 Å². The molecule has 18 heavy (non-hydrogen) atoms. The van der Waals surface area contributed by atoms with Crippen LogP contribution < -0.4 is 9.80 Å². The molecule has 0 aliphatic heterocycles. The zero-order chi connectivity index (χ0) is 12.4. The van der Waals surface area contributed by atoms with E-state index in [0.717, 1.165) is 17.1 Å². The summed E-state index contributed by atoms with van der Waals surface area (Å²) < 4.78 is 1.83. The molecule has 0 radical (unpaired) electrons. The Hall–Kier alpha value is -1.28. The number of hydrogen-bond donors (Lipinski definition) is 0. The van der Waals surface area contributed by atoms with E-state index in [1.165, 1.54) is 0 Å². The van der Waals surface area contributed by atoms with E-state index in [1.54, 1.807) is 6.20 Å². The maximum atomic E-state index is 4.25. The summed E-state index contributed by atoms with van der Waals surface area (Å²) in [7, 11) is 8.09. The van der Waals surface area contributed by atoms with Crippen molar-refractivity contribution in [1.82, 2.24) is 9.78 Å². The van der Waals surface area contributed by atoms with Gasteiger partial charge in [0.05, 0.1) is 0 Å². The van der Waals surface area contributed by atoms with Crippen LogP contribution in [0.4, 0.5) is 11.4 Å². The standard InChI is InChI=1S/C13H17N4.Pt/c1-15(2)11-6-7-12(13(10-11)16(3)4)17-9-5-8-14-17;/h5-6,8-10H,1-4H3;/q-1;. The van der Waals surface area contributed by atoms with Crippen molar-refractivity contribution in [3.8, 4) is 5.69 Å². The van der Waals surface area contributed by atoms with Crippen molar-refractivity contribution in [3.05, 3.63) is 36.7 Å². The monoisotopic (exact) mass is 424 g/mol. The van der Waals surface area contributed by atoms with Crippen molar-refractivity contribution >= 4 is 11.4 Å². The molecule has 0 atom stereocenters. The summed E-state index contributed by atoms with van der Waals surface area (Å²) in [6, 6.07) is 9.31. The van der Waals surface area contributed by atoms with Gasteiger partial charge in [-0.25, -0.2) is 0 Å². The molecule has 2 aromatic rings. The zero-order valence-electron chi connectivity index (χ0n) is 11.0. The van der Waals surface area contributed by atoms with Gasteiger partial charge >= 0.3 is 0 Å². The molecule has 0 spiro atoms. The Balaban J connectivity index is 0.00000162. The second kappa shape index (κ2) is 6.05. The molecule has 100 valence electrons. The predicted octanol–water partition coefficient (Wildman–Crippen LogP) is 1.80. The molecule has 0 bridgehead atoms. The molecule has 0 N–H and O–H groups in total. The summed E-state index contributed by atoms with van der Waals surface area (Å²) >= 11 is 0. The number of rotatable bonds is 3. The third-order valence-electron chi connectivity index (χ3n) is 2.62. The SMILES string of the molecule is CN(C)c1c[c-]c(-n2cccn2)c(N(C)C)c1.[Pt].